The molecule has 0 saturated heterocycles. The van der Waals surface area contributed by atoms with Crippen molar-refractivity contribution in [3.05, 3.63) is 35.4 Å². The fraction of sp³-hybridized carbons (Fsp3) is 0.462. The van der Waals surface area contributed by atoms with Crippen LogP contribution < -0.4 is 11.1 Å². The van der Waals surface area contributed by atoms with Gasteiger partial charge in [0.15, 0.2) is 11.6 Å². The number of alkyl carbamates (subject to hydrolysis) is 1. The van der Waals surface area contributed by atoms with Gasteiger partial charge >= 0.3 is 6.09 Å². The molecule has 0 bridgehead atoms. The Hall–Kier alpha value is -1.69. The van der Waals surface area contributed by atoms with E-state index in [0.717, 1.165) is 6.07 Å². The second-order valence-corrected chi connectivity index (χ2v) is 5.08. The third-order valence-electron chi connectivity index (χ3n) is 2.28. The Bertz CT molecular complexity index is 458. The molecule has 0 aliphatic rings. The first kappa shape index (κ1) is 15.4. The molecule has 4 nitrogen and oxygen atoms in total. The van der Waals surface area contributed by atoms with Crippen LogP contribution in [-0.2, 0) is 4.74 Å². The molecule has 1 atom stereocenters. The average molecular weight is 272 g/mol. The fourth-order valence-electron chi connectivity index (χ4n) is 1.50. The van der Waals surface area contributed by atoms with E-state index in [1.807, 2.05) is 0 Å². The summed E-state index contributed by atoms with van der Waals surface area (Å²) < 4.78 is 31.8. The highest BCUT2D eigenvalue weighted by Crippen LogP contribution is 2.19. The van der Waals surface area contributed by atoms with E-state index in [0.29, 0.717) is 0 Å². The first-order chi connectivity index (χ1) is 8.74. The predicted octanol–water partition coefficient (Wildman–Crippen LogP) is 2.49. The lowest BCUT2D eigenvalue weighted by atomic mass is 10.1. The first-order valence-electron chi connectivity index (χ1n) is 5.88. The first-order valence-corrected chi connectivity index (χ1v) is 5.88. The number of rotatable bonds is 3. The smallest absolute Gasteiger partial charge is 0.408 e. The molecule has 1 aromatic carbocycles. The standard InChI is InChI=1S/C13H18F2N2O2/c1-13(2,3)19-12(18)17-10(7-16)8-5-4-6-9(14)11(8)15/h4-6,10H,7,16H2,1-3H3,(H,17,18). The molecule has 1 amide bonds. The summed E-state index contributed by atoms with van der Waals surface area (Å²) in [5.74, 6) is -2.00. The highest BCUT2D eigenvalue weighted by Gasteiger charge is 2.22. The summed E-state index contributed by atoms with van der Waals surface area (Å²) in [5.41, 5.74) is 4.79. The van der Waals surface area contributed by atoms with Crippen molar-refractivity contribution in [2.75, 3.05) is 6.54 Å². The molecule has 6 heteroatoms. The molecule has 0 aliphatic carbocycles. The third kappa shape index (κ3) is 4.48. The van der Waals surface area contributed by atoms with E-state index in [9.17, 15) is 13.6 Å². The molecule has 106 valence electrons. The summed E-state index contributed by atoms with van der Waals surface area (Å²) in [4.78, 5) is 11.6. The summed E-state index contributed by atoms with van der Waals surface area (Å²) in [6, 6.07) is 2.88. The van der Waals surface area contributed by atoms with Gasteiger partial charge in [0, 0.05) is 12.1 Å². The molecule has 0 saturated carbocycles. The summed E-state index contributed by atoms with van der Waals surface area (Å²) in [6.07, 6.45) is -0.730. The Kier molecular flexibility index (Phi) is 4.83. The van der Waals surface area contributed by atoms with Crippen LogP contribution in [0.4, 0.5) is 13.6 Å². The normalized spacial score (nSPS) is 12.9. The second kappa shape index (κ2) is 5.97. The zero-order chi connectivity index (χ0) is 14.6. The second-order valence-electron chi connectivity index (χ2n) is 5.08. The molecule has 3 N–H and O–H groups in total. The molecule has 19 heavy (non-hydrogen) atoms. The Balaban J connectivity index is 2.84. The molecule has 0 heterocycles. The van der Waals surface area contributed by atoms with Crippen LogP contribution in [0.15, 0.2) is 18.2 Å². The maximum atomic E-state index is 13.6. The van der Waals surface area contributed by atoms with Crippen molar-refractivity contribution in [1.29, 1.82) is 0 Å². The van der Waals surface area contributed by atoms with Crippen molar-refractivity contribution in [3.8, 4) is 0 Å². The SMILES string of the molecule is CC(C)(C)OC(=O)NC(CN)c1cccc(F)c1F. The van der Waals surface area contributed by atoms with Gasteiger partial charge in [-0.1, -0.05) is 12.1 Å². The van der Waals surface area contributed by atoms with Gasteiger partial charge in [0.05, 0.1) is 6.04 Å². The quantitative estimate of drug-likeness (QED) is 0.888. The maximum absolute atomic E-state index is 13.6. The van der Waals surface area contributed by atoms with Gasteiger partial charge in [-0.05, 0) is 26.8 Å². The Morgan fingerprint density at radius 2 is 2.05 bits per heavy atom. The lowest BCUT2D eigenvalue weighted by Crippen LogP contribution is -2.38. The predicted molar refractivity (Wildman–Crippen MR) is 67.5 cm³/mol. The number of benzene rings is 1. The average Bonchev–Trinajstić information content (AvgIpc) is 2.27. The molecule has 0 aromatic heterocycles. The van der Waals surface area contributed by atoms with E-state index in [2.05, 4.69) is 5.32 Å². The van der Waals surface area contributed by atoms with E-state index in [1.54, 1.807) is 20.8 Å². The van der Waals surface area contributed by atoms with Crippen LogP contribution in [0.3, 0.4) is 0 Å². The number of amides is 1. The maximum Gasteiger partial charge on any atom is 0.408 e. The molecule has 1 aromatic rings. The summed E-state index contributed by atoms with van der Waals surface area (Å²) in [7, 11) is 0. The summed E-state index contributed by atoms with van der Waals surface area (Å²) in [5, 5.41) is 2.41. The Labute approximate surface area is 110 Å². The van der Waals surface area contributed by atoms with E-state index >= 15 is 0 Å². The number of nitrogens with two attached hydrogens (primary N) is 1. The van der Waals surface area contributed by atoms with Crippen LogP contribution in [0.5, 0.6) is 0 Å². The minimum atomic E-state index is -1.02. The van der Waals surface area contributed by atoms with Gasteiger partial charge in [0.2, 0.25) is 0 Å². The van der Waals surface area contributed by atoms with Gasteiger partial charge < -0.3 is 15.8 Å². The lowest BCUT2D eigenvalue weighted by Gasteiger charge is -2.23. The van der Waals surface area contributed by atoms with E-state index in [-0.39, 0.29) is 12.1 Å². The number of hydrogen-bond donors (Lipinski definition) is 2. The number of carbonyl (C=O) groups is 1. The highest BCUT2D eigenvalue weighted by molar-refractivity contribution is 5.68. The van der Waals surface area contributed by atoms with Crippen molar-refractivity contribution >= 4 is 6.09 Å². The molecular formula is C13H18F2N2O2. The highest BCUT2D eigenvalue weighted by atomic mass is 19.2. The number of hydrogen-bond acceptors (Lipinski definition) is 3. The van der Waals surface area contributed by atoms with Crippen molar-refractivity contribution < 1.29 is 18.3 Å². The number of carbonyl (C=O) groups excluding carboxylic acids is 1. The fourth-order valence-corrected chi connectivity index (χ4v) is 1.50. The molecule has 1 unspecified atom stereocenters. The van der Waals surface area contributed by atoms with Crippen molar-refractivity contribution in [2.45, 2.75) is 32.4 Å². The van der Waals surface area contributed by atoms with E-state index < -0.39 is 29.4 Å². The Morgan fingerprint density at radius 1 is 1.42 bits per heavy atom. The van der Waals surface area contributed by atoms with E-state index in [4.69, 9.17) is 10.5 Å². The van der Waals surface area contributed by atoms with Gasteiger partial charge in [-0.2, -0.15) is 0 Å². The van der Waals surface area contributed by atoms with Crippen LogP contribution >= 0.6 is 0 Å². The Morgan fingerprint density at radius 3 is 2.58 bits per heavy atom. The van der Waals surface area contributed by atoms with E-state index in [1.165, 1.54) is 12.1 Å². The topological polar surface area (TPSA) is 64.3 Å². The van der Waals surface area contributed by atoms with Gasteiger partial charge in [-0.3, -0.25) is 0 Å². The minimum absolute atomic E-state index is 0.00615. The zero-order valence-corrected chi connectivity index (χ0v) is 11.2. The van der Waals surface area contributed by atoms with Crippen LogP contribution in [0.25, 0.3) is 0 Å². The van der Waals surface area contributed by atoms with Gasteiger partial charge in [0.25, 0.3) is 0 Å². The lowest BCUT2D eigenvalue weighted by molar-refractivity contribution is 0.0504. The molecular weight excluding hydrogens is 254 g/mol. The van der Waals surface area contributed by atoms with Gasteiger partial charge in [-0.15, -0.1) is 0 Å². The molecule has 0 fully saturated rings. The summed E-state index contributed by atoms with van der Waals surface area (Å²) in [6.45, 7) is 5.03. The monoisotopic (exact) mass is 272 g/mol. The van der Waals surface area contributed by atoms with Gasteiger partial charge in [0.1, 0.15) is 5.60 Å². The number of nitrogens with one attached hydrogen (secondary N) is 1. The van der Waals surface area contributed by atoms with Crippen LogP contribution in [0, 0.1) is 11.6 Å². The summed E-state index contributed by atoms with van der Waals surface area (Å²) >= 11 is 0. The van der Waals surface area contributed by atoms with Crippen LogP contribution in [0.1, 0.15) is 32.4 Å². The van der Waals surface area contributed by atoms with Crippen LogP contribution in [-0.4, -0.2) is 18.2 Å². The number of ether oxygens (including phenoxy) is 1. The zero-order valence-electron chi connectivity index (χ0n) is 11.2. The largest absolute Gasteiger partial charge is 0.444 e. The minimum Gasteiger partial charge on any atom is -0.444 e. The van der Waals surface area contributed by atoms with Gasteiger partial charge in [-0.25, -0.2) is 13.6 Å². The molecule has 0 spiro atoms. The van der Waals surface area contributed by atoms with Crippen molar-refractivity contribution in [3.63, 3.8) is 0 Å². The molecule has 0 radical (unpaired) electrons. The van der Waals surface area contributed by atoms with Crippen molar-refractivity contribution in [2.24, 2.45) is 5.73 Å². The van der Waals surface area contributed by atoms with Crippen LogP contribution in [0.2, 0.25) is 0 Å². The molecule has 0 aliphatic heterocycles. The van der Waals surface area contributed by atoms with Crippen molar-refractivity contribution in [1.82, 2.24) is 5.32 Å². The molecule has 1 rings (SSSR count). The third-order valence-corrected chi connectivity index (χ3v) is 2.28. The number of halogens is 2.